The van der Waals surface area contributed by atoms with Crippen molar-refractivity contribution < 1.29 is 19.1 Å². The molecule has 4 rings (SSSR count). The summed E-state index contributed by atoms with van der Waals surface area (Å²) in [4.78, 5) is 39.5. The van der Waals surface area contributed by atoms with Crippen LogP contribution in [-0.2, 0) is 9.53 Å². The lowest BCUT2D eigenvalue weighted by atomic mass is 10.0. The lowest BCUT2D eigenvalue weighted by Gasteiger charge is -2.16. The number of hydrogen-bond donors (Lipinski definition) is 2. The Kier molecular flexibility index (Phi) is 9.45. The third-order valence-electron chi connectivity index (χ3n) is 5.90. The van der Waals surface area contributed by atoms with Crippen LogP contribution in [0.15, 0.2) is 83.1 Å². The second-order valence-corrected chi connectivity index (χ2v) is 11.3. The quantitative estimate of drug-likeness (QED) is 0.156. The predicted molar refractivity (Wildman–Crippen MR) is 160 cm³/mol. The molecule has 9 heteroatoms. The van der Waals surface area contributed by atoms with Gasteiger partial charge in [0, 0.05) is 32.1 Å². The first-order chi connectivity index (χ1) is 18.8. The van der Waals surface area contributed by atoms with Crippen molar-refractivity contribution in [3.8, 4) is 11.1 Å². The van der Waals surface area contributed by atoms with Gasteiger partial charge in [0.15, 0.2) is 0 Å². The summed E-state index contributed by atoms with van der Waals surface area (Å²) in [5, 5.41) is 8.17. The Bertz CT molecular complexity index is 1500. The molecule has 2 N–H and O–H groups in total. The monoisotopic (exact) mass is 578 g/mol. The Labute approximate surface area is 240 Å². The molecule has 4 aromatic rings. The highest BCUT2D eigenvalue weighted by Gasteiger charge is 2.25. The number of aryl methyl sites for hydroxylation is 1. The molecule has 0 aliphatic carbocycles. The number of anilines is 2. The normalized spacial score (nSPS) is 11.5. The van der Waals surface area contributed by atoms with E-state index in [4.69, 9.17) is 16.3 Å². The van der Waals surface area contributed by atoms with E-state index in [-0.39, 0.29) is 11.8 Å². The van der Waals surface area contributed by atoms with E-state index in [1.54, 1.807) is 30.3 Å². The standard InChI is InChI=1S/C30H27ClN2O4S2/c1-4-25(39-23-10-6-9-22(16-23)32-27(34)20-7-5-8-21(31)15-20)28(35)33-29-26(30(36)37-3)24(17-38-29)19-13-11-18(2)12-14-19/h5-17,25H,4H2,1-3H3,(H,32,34)(H,33,35). The first kappa shape index (κ1) is 28.4. The van der Waals surface area contributed by atoms with Crippen LogP contribution in [0.4, 0.5) is 10.7 Å². The number of carbonyl (C=O) groups is 3. The van der Waals surface area contributed by atoms with E-state index >= 15 is 0 Å². The molecule has 1 atom stereocenters. The molecule has 1 unspecified atom stereocenters. The number of thioether (sulfide) groups is 1. The number of esters is 1. The predicted octanol–water partition coefficient (Wildman–Crippen LogP) is 7.93. The molecular weight excluding hydrogens is 552 g/mol. The zero-order valence-corrected chi connectivity index (χ0v) is 24.0. The summed E-state index contributed by atoms with van der Waals surface area (Å²) in [5.41, 5.74) is 4.09. The van der Waals surface area contributed by atoms with Crippen molar-refractivity contribution in [3.63, 3.8) is 0 Å². The van der Waals surface area contributed by atoms with Crippen LogP contribution in [0.1, 0.15) is 39.6 Å². The Balaban J connectivity index is 1.49. The van der Waals surface area contributed by atoms with Crippen molar-refractivity contribution in [1.29, 1.82) is 0 Å². The molecule has 0 saturated heterocycles. The Morgan fingerprint density at radius 2 is 1.74 bits per heavy atom. The summed E-state index contributed by atoms with van der Waals surface area (Å²) in [5.74, 6) is -1.01. The van der Waals surface area contributed by atoms with Crippen LogP contribution in [0.5, 0.6) is 0 Å². The third kappa shape index (κ3) is 7.09. The lowest BCUT2D eigenvalue weighted by molar-refractivity contribution is -0.115. The third-order valence-corrected chi connectivity index (χ3v) is 8.39. The Morgan fingerprint density at radius 1 is 1.00 bits per heavy atom. The summed E-state index contributed by atoms with van der Waals surface area (Å²) in [6.45, 7) is 3.92. The minimum atomic E-state index is -0.508. The van der Waals surface area contributed by atoms with Gasteiger partial charge in [-0.05, 0) is 55.3 Å². The van der Waals surface area contributed by atoms with Gasteiger partial charge in [0.25, 0.3) is 5.91 Å². The highest BCUT2D eigenvalue weighted by molar-refractivity contribution is 8.00. The smallest absolute Gasteiger partial charge is 0.341 e. The van der Waals surface area contributed by atoms with E-state index in [2.05, 4.69) is 10.6 Å². The second-order valence-electron chi connectivity index (χ2n) is 8.71. The van der Waals surface area contributed by atoms with Gasteiger partial charge in [0.05, 0.1) is 12.4 Å². The van der Waals surface area contributed by atoms with Crippen LogP contribution in [0.2, 0.25) is 5.02 Å². The number of thiophene rings is 1. The van der Waals surface area contributed by atoms with Crippen LogP contribution in [0.3, 0.4) is 0 Å². The maximum atomic E-state index is 13.3. The molecule has 0 aliphatic heterocycles. The van der Waals surface area contributed by atoms with Gasteiger partial charge in [0.2, 0.25) is 5.91 Å². The number of benzene rings is 3. The van der Waals surface area contributed by atoms with Gasteiger partial charge in [-0.3, -0.25) is 9.59 Å². The maximum Gasteiger partial charge on any atom is 0.341 e. The molecule has 3 aromatic carbocycles. The van der Waals surface area contributed by atoms with Gasteiger partial charge in [-0.1, -0.05) is 60.5 Å². The Morgan fingerprint density at radius 3 is 2.44 bits per heavy atom. The average molecular weight is 579 g/mol. The maximum absolute atomic E-state index is 13.3. The molecule has 0 fully saturated rings. The number of nitrogens with one attached hydrogen (secondary N) is 2. The minimum absolute atomic E-state index is 0.224. The van der Waals surface area contributed by atoms with E-state index in [1.807, 2.05) is 61.7 Å². The number of methoxy groups -OCH3 is 1. The van der Waals surface area contributed by atoms with Crippen LogP contribution in [-0.4, -0.2) is 30.1 Å². The van der Waals surface area contributed by atoms with Crippen LogP contribution >= 0.6 is 34.7 Å². The molecule has 2 amide bonds. The van der Waals surface area contributed by atoms with E-state index in [1.165, 1.54) is 30.2 Å². The van der Waals surface area contributed by atoms with Gasteiger partial charge in [-0.2, -0.15) is 0 Å². The number of ether oxygens (including phenoxy) is 1. The SMILES string of the molecule is CCC(Sc1cccc(NC(=O)c2cccc(Cl)c2)c1)C(=O)Nc1scc(-c2ccc(C)cc2)c1C(=O)OC. The van der Waals surface area contributed by atoms with Crippen LogP contribution in [0, 0.1) is 6.92 Å². The van der Waals surface area contributed by atoms with Gasteiger partial charge in [-0.15, -0.1) is 23.1 Å². The molecule has 1 aromatic heterocycles. The first-order valence-electron chi connectivity index (χ1n) is 12.2. The summed E-state index contributed by atoms with van der Waals surface area (Å²) in [6, 6.07) is 21.9. The fourth-order valence-electron chi connectivity index (χ4n) is 3.86. The number of amides is 2. The van der Waals surface area contributed by atoms with E-state index in [9.17, 15) is 14.4 Å². The molecular formula is C30H27ClN2O4S2. The summed E-state index contributed by atoms with van der Waals surface area (Å²) < 4.78 is 5.04. The van der Waals surface area contributed by atoms with E-state index in [0.717, 1.165) is 16.0 Å². The number of carbonyl (C=O) groups excluding carboxylic acids is 3. The molecule has 0 bridgehead atoms. The van der Waals surface area contributed by atoms with E-state index in [0.29, 0.717) is 38.8 Å². The molecule has 0 radical (unpaired) electrons. The fraction of sp³-hybridized carbons (Fsp3) is 0.167. The molecule has 200 valence electrons. The summed E-state index contributed by atoms with van der Waals surface area (Å²) in [7, 11) is 1.33. The molecule has 0 spiro atoms. The van der Waals surface area contributed by atoms with Crippen molar-refractivity contribution in [2.75, 3.05) is 17.7 Å². The molecule has 6 nitrogen and oxygen atoms in total. The van der Waals surface area contributed by atoms with Gasteiger partial charge in [-0.25, -0.2) is 4.79 Å². The van der Waals surface area contributed by atoms with Crippen molar-refractivity contribution in [3.05, 3.63) is 99.9 Å². The first-order valence-corrected chi connectivity index (χ1v) is 14.3. The molecule has 0 saturated carbocycles. The largest absolute Gasteiger partial charge is 0.465 e. The van der Waals surface area contributed by atoms with E-state index < -0.39 is 11.2 Å². The van der Waals surface area contributed by atoms with Gasteiger partial charge >= 0.3 is 5.97 Å². The van der Waals surface area contributed by atoms with Crippen LogP contribution in [0.25, 0.3) is 11.1 Å². The zero-order chi connectivity index (χ0) is 27.9. The van der Waals surface area contributed by atoms with Crippen molar-refractivity contribution in [2.24, 2.45) is 0 Å². The summed E-state index contributed by atoms with van der Waals surface area (Å²) in [6.07, 6.45) is 0.555. The summed E-state index contributed by atoms with van der Waals surface area (Å²) >= 11 is 8.68. The minimum Gasteiger partial charge on any atom is -0.465 e. The topological polar surface area (TPSA) is 84.5 Å². The van der Waals surface area contributed by atoms with Gasteiger partial charge < -0.3 is 15.4 Å². The zero-order valence-electron chi connectivity index (χ0n) is 21.6. The average Bonchev–Trinajstić information content (AvgIpc) is 3.35. The second kappa shape index (κ2) is 13.0. The van der Waals surface area contributed by atoms with Crippen molar-refractivity contribution in [1.82, 2.24) is 0 Å². The molecule has 1 heterocycles. The lowest BCUT2D eigenvalue weighted by Crippen LogP contribution is -2.25. The molecule has 39 heavy (non-hydrogen) atoms. The van der Waals surface area contributed by atoms with Crippen molar-refractivity contribution >= 4 is 63.2 Å². The Hall–Kier alpha value is -3.59. The number of hydrogen-bond acceptors (Lipinski definition) is 6. The fourth-order valence-corrected chi connectivity index (χ4v) is 6.02. The van der Waals surface area contributed by atoms with Crippen molar-refractivity contribution in [2.45, 2.75) is 30.4 Å². The number of rotatable bonds is 9. The van der Waals surface area contributed by atoms with Gasteiger partial charge in [0.1, 0.15) is 10.6 Å². The highest BCUT2D eigenvalue weighted by Crippen LogP contribution is 2.37. The molecule has 0 aliphatic rings. The highest BCUT2D eigenvalue weighted by atomic mass is 35.5. The number of halogens is 1. The van der Waals surface area contributed by atoms with Crippen LogP contribution < -0.4 is 10.6 Å².